The molecule has 1 fully saturated rings. The van der Waals surface area contributed by atoms with Crippen LogP contribution in [0, 0.1) is 0 Å². The molecule has 130 valence electrons. The fourth-order valence-electron chi connectivity index (χ4n) is 2.71. The number of carbonyl (C=O) groups is 2. The van der Waals surface area contributed by atoms with Crippen molar-refractivity contribution in [2.24, 2.45) is 0 Å². The van der Waals surface area contributed by atoms with E-state index in [1.165, 1.54) is 11.8 Å². The van der Waals surface area contributed by atoms with Gasteiger partial charge in [0.05, 0.1) is 6.61 Å². The van der Waals surface area contributed by atoms with Gasteiger partial charge in [0, 0.05) is 16.4 Å². The van der Waals surface area contributed by atoms with Crippen molar-refractivity contribution in [3.8, 4) is 0 Å². The molecule has 0 aromatic heterocycles. The minimum absolute atomic E-state index is 0.194. The fourth-order valence-corrected chi connectivity index (χ4v) is 3.65. The van der Waals surface area contributed by atoms with Gasteiger partial charge < -0.3 is 9.47 Å². The van der Waals surface area contributed by atoms with E-state index in [-0.39, 0.29) is 12.0 Å². The summed E-state index contributed by atoms with van der Waals surface area (Å²) in [5.41, 5.74) is 0.421. The monoisotopic (exact) mass is 356 g/mol. The molecule has 1 unspecified atom stereocenters. The summed E-state index contributed by atoms with van der Waals surface area (Å²) in [4.78, 5) is 26.3. The maximum absolute atomic E-state index is 13.1. The summed E-state index contributed by atoms with van der Waals surface area (Å²) in [6.45, 7) is 4.26. The van der Waals surface area contributed by atoms with Gasteiger partial charge in [0.25, 0.3) is 0 Å². The summed E-state index contributed by atoms with van der Waals surface area (Å²) in [5.74, 6) is -2.85. The molecule has 1 heterocycles. The Labute approximate surface area is 151 Å². The number of hydrogen-bond acceptors (Lipinski definition) is 5. The fraction of sp³-hybridized carbons (Fsp3) is 0.300. The smallest absolute Gasteiger partial charge is 0.301 e. The van der Waals surface area contributed by atoms with E-state index in [2.05, 4.69) is 0 Å². The van der Waals surface area contributed by atoms with Crippen LogP contribution in [0.4, 0.5) is 0 Å². The van der Waals surface area contributed by atoms with Crippen LogP contribution in [0.3, 0.4) is 0 Å². The highest BCUT2D eigenvalue weighted by Gasteiger charge is 2.55. The van der Waals surface area contributed by atoms with Gasteiger partial charge in [-0.1, -0.05) is 74.5 Å². The Morgan fingerprint density at radius 2 is 1.44 bits per heavy atom. The molecule has 0 radical (unpaired) electrons. The molecule has 25 heavy (non-hydrogen) atoms. The number of ketones is 2. The Morgan fingerprint density at radius 1 is 0.960 bits per heavy atom. The normalized spacial score (nSPS) is 19.1. The van der Waals surface area contributed by atoms with E-state index in [1.807, 2.05) is 26.0 Å². The average Bonchev–Trinajstić information content (AvgIpc) is 3.06. The summed E-state index contributed by atoms with van der Waals surface area (Å²) >= 11 is 1.54. The Balaban J connectivity index is 1.98. The van der Waals surface area contributed by atoms with Crippen molar-refractivity contribution < 1.29 is 19.1 Å². The quantitative estimate of drug-likeness (QED) is 0.579. The van der Waals surface area contributed by atoms with Crippen LogP contribution >= 0.6 is 11.8 Å². The molecule has 2 aromatic carbocycles. The molecular weight excluding hydrogens is 336 g/mol. The van der Waals surface area contributed by atoms with E-state index in [4.69, 9.17) is 9.47 Å². The van der Waals surface area contributed by atoms with Crippen molar-refractivity contribution in [2.45, 2.75) is 30.3 Å². The Bertz CT molecular complexity index is 691. The first-order valence-electron chi connectivity index (χ1n) is 8.20. The van der Waals surface area contributed by atoms with Gasteiger partial charge in [-0.25, -0.2) is 0 Å². The predicted molar refractivity (Wildman–Crippen MR) is 97.8 cm³/mol. The van der Waals surface area contributed by atoms with Gasteiger partial charge in [-0.3, -0.25) is 9.59 Å². The molecule has 1 atom stereocenters. The SMILES string of the molecule is CC(C)SC1COC(C(=O)c2ccccc2)(C(=O)c2ccccc2)O1. The van der Waals surface area contributed by atoms with E-state index in [0.717, 1.165) is 0 Å². The van der Waals surface area contributed by atoms with Gasteiger partial charge in [-0.15, -0.1) is 11.8 Å². The lowest BCUT2D eigenvalue weighted by atomic mass is 9.95. The van der Waals surface area contributed by atoms with Crippen LogP contribution in [0.1, 0.15) is 34.6 Å². The summed E-state index contributed by atoms with van der Waals surface area (Å²) in [6.07, 6.45) is 0. The zero-order valence-corrected chi connectivity index (χ0v) is 15.0. The lowest BCUT2D eigenvalue weighted by Gasteiger charge is -2.25. The van der Waals surface area contributed by atoms with Crippen LogP contribution in [-0.2, 0) is 9.47 Å². The zero-order chi connectivity index (χ0) is 17.9. The molecule has 1 saturated heterocycles. The molecule has 3 rings (SSSR count). The van der Waals surface area contributed by atoms with Crippen LogP contribution in [0.25, 0.3) is 0 Å². The van der Waals surface area contributed by atoms with Crippen molar-refractivity contribution in [3.63, 3.8) is 0 Å². The van der Waals surface area contributed by atoms with Crippen LogP contribution in [0.15, 0.2) is 60.7 Å². The third kappa shape index (κ3) is 3.68. The molecule has 1 aliphatic rings. The van der Waals surface area contributed by atoms with Crippen molar-refractivity contribution >= 4 is 23.3 Å². The zero-order valence-electron chi connectivity index (χ0n) is 14.2. The summed E-state index contributed by atoms with van der Waals surface area (Å²) in [7, 11) is 0. The molecule has 0 bridgehead atoms. The standard InChI is InChI=1S/C20H20O4S/c1-14(2)25-17-13-23-20(24-17,18(21)15-9-5-3-6-10-15)19(22)16-11-7-4-8-12-16/h3-12,14,17H,13H2,1-2H3. The highest BCUT2D eigenvalue weighted by atomic mass is 32.2. The average molecular weight is 356 g/mol. The van der Waals surface area contributed by atoms with Gasteiger partial charge in [0.2, 0.25) is 11.6 Å². The highest BCUT2D eigenvalue weighted by Crippen LogP contribution is 2.36. The molecule has 2 aromatic rings. The number of thioether (sulfide) groups is 1. The summed E-state index contributed by atoms with van der Waals surface area (Å²) in [6, 6.07) is 17.3. The van der Waals surface area contributed by atoms with Crippen molar-refractivity contribution in [1.82, 2.24) is 0 Å². The first kappa shape index (κ1) is 17.9. The van der Waals surface area contributed by atoms with E-state index < -0.39 is 17.4 Å². The second-order valence-electron chi connectivity index (χ2n) is 6.05. The number of hydrogen-bond donors (Lipinski definition) is 0. The number of benzene rings is 2. The second kappa shape index (κ2) is 7.52. The number of ether oxygens (including phenoxy) is 2. The Kier molecular flexibility index (Phi) is 5.37. The molecule has 0 amide bonds. The predicted octanol–water partition coefficient (Wildman–Crippen LogP) is 3.96. The van der Waals surface area contributed by atoms with E-state index in [1.54, 1.807) is 48.5 Å². The van der Waals surface area contributed by atoms with Gasteiger partial charge in [-0.05, 0) is 0 Å². The van der Waals surface area contributed by atoms with Crippen LogP contribution < -0.4 is 0 Å². The van der Waals surface area contributed by atoms with Crippen molar-refractivity contribution in [2.75, 3.05) is 6.61 Å². The number of carbonyl (C=O) groups excluding carboxylic acids is 2. The Hall–Kier alpha value is -1.95. The maximum atomic E-state index is 13.1. The minimum atomic E-state index is -1.92. The van der Waals surface area contributed by atoms with Crippen molar-refractivity contribution in [3.05, 3.63) is 71.8 Å². The molecule has 0 aliphatic carbocycles. The van der Waals surface area contributed by atoms with E-state index in [0.29, 0.717) is 16.4 Å². The number of rotatable bonds is 6. The third-order valence-electron chi connectivity index (χ3n) is 3.81. The van der Waals surface area contributed by atoms with Gasteiger partial charge >= 0.3 is 5.79 Å². The first-order chi connectivity index (χ1) is 12.0. The summed E-state index contributed by atoms with van der Waals surface area (Å²) < 4.78 is 11.7. The van der Waals surface area contributed by atoms with Crippen LogP contribution in [-0.4, -0.2) is 34.6 Å². The number of Topliss-reactive ketones (excluding diaryl/α,β-unsaturated/α-hetero) is 2. The van der Waals surface area contributed by atoms with E-state index in [9.17, 15) is 9.59 Å². The molecule has 0 spiro atoms. The first-order valence-corrected chi connectivity index (χ1v) is 9.14. The molecule has 0 saturated carbocycles. The molecular formula is C20H20O4S. The lowest BCUT2D eigenvalue weighted by Crippen LogP contribution is -2.48. The maximum Gasteiger partial charge on any atom is 0.301 e. The molecule has 4 nitrogen and oxygen atoms in total. The lowest BCUT2D eigenvalue weighted by molar-refractivity contribution is -0.0913. The van der Waals surface area contributed by atoms with Gasteiger partial charge in [0.1, 0.15) is 5.44 Å². The molecule has 5 heteroatoms. The van der Waals surface area contributed by atoms with Crippen LogP contribution in [0.5, 0.6) is 0 Å². The molecule has 1 aliphatic heterocycles. The van der Waals surface area contributed by atoms with Gasteiger partial charge in [-0.2, -0.15) is 0 Å². The van der Waals surface area contributed by atoms with Gasteiger partial charge in [0.15, 0.2) is 0 Å². The summed E-state index contributed by atoms with van der Waals surface area (Å²) in [5, 5.41) is 0.294. The molecule has 0 N–H and O–H groups in total. The largest absolute Gasteiger partial charge is 0.333 e. The second-order valence-corrected chi connectivity index (χ2v) is 7.79. The highest BCUT2D eigenvalue weighted by molar-refractivity contribution is 8.00. The third-order valence-corrected chi connectivity index (χ3v) is 4.89. The van der Waals surface area contributed by atoms with Crippen LogP contribution in [0.2, 0.25) is 0 Å². The topological polar surface area (TPSA) is 52.6 Å². The van der Waals surface area contributed by atoms with Crippen molar-refractivity contribution in [1.29, 1.82) is 0 Å². The van der Waals surface area contributed by atoms with E-state index >= 15 is 0 Å². The Morgan fingerprint density at radius 3 is 1.88 bits per heavy atom. The minimum Gasteiger partial charge on any atom is -0.333 e.